The van der Waals surface area contributed by atoms with Gasteiger partial charge in [-0.3, -0.25) is 14.5 Å². The number of likely N-dealkylation sites (tertiary alicyclic amines) is 1. The summed E-state index contributed by atoms with van der Waals surface area (Å²) in [6.07, 6.45) is 1.14. The second kappa shape index (κ2) is 12.3. The molecule has 1 saturated heterocycles. The third-order valence-corrected chi connectivity index (χ3v) is 7.71. The van der Waals surface area contributed by atoms with Gasteiger partial charge in [0, 0.05) is 66.7 Å². The molecule has 0 aromatic carbocycles. The SMILES string of the molecule is COc1cc(C)[nH]c(=O)c1CNC(=O)c1cc2c(/C(N)=C/C=N)ccn2c(N(C)C2CCN(CC(F)(F)F)CC2)c1C. The van der Waals surface area contributed by atoms with Gasteiger partial charge in [0.2, 0.25) is 0 Å². The Kier molecular flexibility index (Phi) is 9.00. The molecule has 1 amide bonds. The van der Waals surface area contributed by atoms with Crippen molar-refractivity contribution >= 4 is 29.2 Å². The van der Waals surface area contributed by atoms with E-state index < -0.39 is 18.6 Å². The molecule has 0 radical (unpaired) electrons. The highest BCUT2D eigenvalue weighted by atomic mass is 19.4. The van der Waals surface area contributed by atoms with Gasteiger partial charge < -0.3 is 35.5 Å². The molecule has 0 atom stereocenters. The minimum atomic E-state index is -4.25. The number of piperidine rings is 1. The third-order valence-electron chi connectivity index (χ3n) is 7.71. The fourth-order valence-corrected chi connectivity index (χ4v) is 5.61. The fraction of sp³-hybridized carbons (Fsp3) is 0.414. The van der Waals surface area contributed by atoms with Crippen molar-refractivity contribution in [3.05, 3.63) is 68.8 Å². The zero-order valence-corrected chi connectivity index (χ0v) is 24.1. The van der Waals surface area contributed by atoms with Crippen LogP contribution in [0.15, 0.2) is 35.3 Å². The van der Waals surface area contributed by atoms with Crippen LogP contribution in [0.4, 0.5) is 19.0 Å². The number of alkyl halides is 3. The zero-order chi connectivity index (χ0) is 30.8. The first-order valence-electron chi connectivity index (χ1n) is 13.5. The highest BCUT2D eigenvalue weighted by Gasteiger charge is 2.34. The molecule has 42 heavy (non-hydrogen) atoms. The monoisotopic (exact) mass is 587 g/mol. The predicted octanol–water partition coefficient (Wildman–Crippen LogP) is 3.60. The van der Waals surface area contributed by atoms with Crippen LogP contribution < -0.4 is 26.2 Å². The molecule has 4 rings (SSSR count). The van der Waals surface area contributed by atoms with Crippen LogP contribution in [0.25, 0.3) is 11.2 Å². The van der Waals surface area contributed by atoms with Crippen molar-refractivity contribution in [2.75, 3.05) is 38.7 Å². The Morgan fingerprint density at radius 1 is 1.26 bits per heavy atom. The molecule has 1 fully saturated rings. The Hall–Kier alpha value is -4.26. The van der Waals surface area contributed by atoms with Crippen molar-refractivity contribution in [3.8, 4) is 5.75 Å². The van der Waals surface area contributed by atoms with Crippen LogP contribution in [0.3, 0.4) is 0 Å². The van der Waals surface area contributed by atoms with E-state index in [2.05, 4.69) is 10.3 Å². The van der Waals surface area contributed by atoms with Crippen LogP contribution >= 0.6 is 0 Å². The smallest absolute Gasteiger partial charge is 0.401 e. The van der Waals surface area contributed by atoms with Crippen LogP contribution in [0, 0.1) is 19.3 Å². The van der Waals surface area contributed by atoms with Crippen molar-refractivity contribution in [3.63, 3.8) is 0 Å². The number of methoxy groups -OCH3 is 1. The van der Waals surface area contributed by atoms with E-state index in [1.54, 1.807) is 25.1 Å². The Bertz CT molecular complexity index is 1570. The van der Waals surface area contributed by atoms with Gasteiger partial charge in [0.25, 0.3) is 11.5 Å². The molecule has 3 aromatic rings. The van der Waals surface area contributed by atoms with Gasteiger partial charge in [-0.15, -0.1) is 0 Å². The Balaban J connectivity index is 1.71. The van der Waals surface area contributed by atoms with Gasteiger partial charge in [0.15, 0.2) is 0 Å². The van der Waals surface area contributed by atoms with E-state index >= 15 is 0 Å². The Morgan fingerprint density at radius 2 is 1.95 bits per heavy atom. The molecule has 0 spiro atoms. The lowest BCUT2D eigenvalue weighted by Crippen LogP contribution is -2.46. The van der Waals surface area contributed by atoms with Crippen molar-refractivity contribution in [1.29, 1.82) is 5.41 Å². The third kappa shape index (κ3) is 6.46. The maximum Gasteiger partial charge on any atom is 0.401 e. The number of hydrogen-bond acceptors (Lipinski definition) is 7. The normalized spacial score (nSPS) is 15.2. The Morgan fingerprint density at radius 3 is 2.57 bits per heavy atom. The maximum absolute atomic E-state index is 13.6. The van der Waals surface area contributed by atoms with Crippen LogP contribution in [0.5, 0.6) is 5.75 Å². The lowest BCUT2D eigenvalue weighted by atomic mass is 10.0. The number of nitrogens with two attached hydrogens (primary N) is 1. The van der Waals surface area contributed by atoms with Crippen LogP contribution in [0.2, 0.25) is 0 Å². The largest absolute Gasteiger partial charge is 0.496 e. The van der Waals surface area contributed by atoms with E-state index in [4.69, 9.17) is 15.9 Å². The summed E-state index contributed by atoms with van der Waals surface area (Å²) in [5, 5.41) is 10.3. The van der Waals surface area contributed by atoms with Crippen molar-refractivity contribution in [1.82, 2.24) is 19.6 Å². The minimum Gasteiger partial charge on any atom is -0.496 e. The number of hydrogen-bond donors (Lipinski definition) is 4. The molecule has 0 aliphatic carbocycles. The Labute approximate surface area is 241 Å². The number of nitrogens with one attached hydrogen (secondary N) is 3. The van der Waals surface area contributed by atoms with Gasteiger partial charge in [-0.25, -0.2) is 0 Å². The molecule has 3 aromatic heterocycles. The van der Waals surface area contributed by atoms with Crippen molar-refractivity contribution < 1.29 is 22.7 Å². The summed E-state index contributed by atoms with van der Waals surface area (Å²) in [5.41, 5.74) is 9.38. The molecule has 1 aliphatic rings. The summed E-state index contributed by atoms with van der Waals surface area (Å²) in [6, 6.07) is 5.12. The number of ether oxygens (including phenoxy) is 1. The molecule has 13 heteroatoms. The summed E-state index contributed by atoms with van der Waals surface area (Å²) in [4.78, 5) is 32.3. The number of pyridine rings is 2. The highest BCUT2D eigenvalue weighted by molar-refractivity contribution is 5.99. The number of anilines is 1. The number of aryl methyl sites for hydroxylation is 1. The summed E-state index contributed by atoms with van der Waals surface area (Å²) in [7, 11) is 3.33. The average Bonchev–Trinajstić information content (AvgIpc) is 3.34. The zero-order valence-electron chi connectivity index (χ0n) is 24.1. The van der Waals surface area contributed by atoms with Gasteiger partial charge >= 0.3 is 6.18 Å². The number of H-pyrrole nitrogens is 1. The lowest BCUT2D eigenvalue weighted by molar-refractivity contribution is -0.147. The standard InChI is InChI=1S/C29H36F3N7O3/c1-17-13-25(42-4)22(27(41)36-17)15-35-26(40)21-14-24-20(23(34)5-9-33)8-12-39(24)28(18(21)2)37(3)19-6-10-38(11-7-19)16-29(30,31)32/h5,8-9,12-14,19,33H,6-7,10-11,15-16,34H2,1-4H3,(H,35,40)(H,36,41)/b23-5-,33-9?. The van der Waals surface area contributed by atoms with E-state index in [1.807, 2.05) is 29.5 Å². The number of aromatic amines is 1. The molecule has 10 nitrogen and oxygen atoms in total. The molecule has 0 unspecified atom stereocenters. The second-order valence-corrected chi connectivity index (χ2v) is 10.5. The summed E-state index contributed by atoms with van der Waals surface area (Å²) < 4.78 is 46.1. The molecule has 5 N–H and O–H groups in total. The number of rotatable bonds is 9. The number of aromatic nitrogens is 2. The molecule has 0 bridgehead atoms. The number of allylic oxidation sites excluding steroid dienone is 1. The van der Waals surface area contributed by atoms with Crippen LogP contribution in [-0.4, -0.2) is 72.4 Å². The van der Waals surface area contributed by atoms with Gasteiger partial charge in [-0.1, -0.05) is 0 Å². The summed E-state index contributed by atoms with van der Waals surface area (Å²) >= 11 is 0. The maximum atomic E-state index is 13.6. The second-order valence-electron chi connectivity index (χ2n) is 10.5. The first-order chi connectivity index (χ1) is 19.8. The van der Waals surface area contributed by atoms with Gasteiger partial charge in [-0.2, -0.15) is 13.2 Å². The van der Waals surface area contributed by atoms with E-state index in [-0.39, 0.29) is 23.7 Å². The van der Waals surface area contributed by atoms with Crippen molar-refractivity contribution in [2.45, 2.75) is 45.5 Å². The van der Waals surface area contributed by atoms with Gasteiger partial charge in [0.05, 0.1) is 31.3 Å². The molecule has 4 heterocycles. The van der Waals surface area contributed by atoms with Crippen LogP contribution in [0.1, 0.15) is 45.6 Å². The van der Waals surface area contributed by atoms with E-state index in [0.717, 1.165) is 6.21 Å². The molecular formula is C29H36F3N7O3. The highest BCUT2D eigenvalue weighted by Crippen LogP contribution is 2.33. The molecular weight excluding hydrogens is 551 g/mol. The topological polar surface area (TPSA) is 132 Å². The van der Waals surface area contributed by atoms with E-state index in [0.29, 0.717) is 71.1 Å². The lowest BCUT2D eigenvalue weighted by Gasteiger charge is -2.39. The van der Waals surface area contributed by atoms with E-state index in [1.165, 1.54) is 18.1 Å². The predicted molar refractivity (Wildman–Crippen MR) is 157 cm³/mol. The minimum absolute atomic E-state index is 0.0645. The average molecular weight is 588 g/mol. The summed E-state index contributed by atoms with van der Waals surface area (Å²) in [5.74, 6) is 0.638. The number of halogens is 3. The fourth-order valence-electron chi connectivity index (χ4n) is 5.61. The van der Waals surface area contributed by atoms with Crippen LogP contribution in [-0.2, 0) is 6.54 Å². The summed E-state index contributed by atoms with van der Waals surface area (Å²) in [6.45, 7) is 3.14. The number of amides is 1. The van der Waals surface area contributed by atoms with Crippen molar-refractivity contribution in [2.24, 2.45) is 5.73 Å². The first-order valence-corrected chi connectivity index (χ1v) is 13.5. The van der Waals surface area contributed by atoms with Gasteiger partial charge in [0.1, 0.15) is 11.6 Å². The molecule has 1 aliphatic heterocycles. The number of carbonyl (C=O) groups is 1. The first kappa shape index (κ1) is 30.7. The number of nitrogens with zero attached hydrogens (tertiary/aromatic N) is 3. The molecule has 0 saturated carbocycles. The van der Waals surface area contributed by atoms with Gasteiger partial charge in [-0.05, 0) is 51.0 Å². The number of carbonyl (C=O) groups excluding carboxylic acids is 1. The number of fused-ring (bicyclic) bond motifs is 1. The quantitative estimate of drug-likeness (QED) is 0.283. The molecule has 226 valence electrons. The van der Waals surface area contributed by atoms with E-state index in [9.17, 15) is 22.8 Å².